The molecule has 0 aliphatic heterocycles. The number of hydrogen-bond donors (Lipinski definition) is 0. The monoisotopic (exact) mass is 248 g/mol. The molecule has 0 aromatic heterocycles. The smallest absolute Gasteiger partial charge is 0.305 e. The Hall–Kier alpha value is -1.64. The van der Waals surface area contributed by atoms with Gasteiger partial charge in [0.2, 0.25) is 0 Å². The minimum Gasteiger partial charge on any atom is -0.469 e. The molecule has 1 aromatic carbocycles. The van der Waals surface area contributed by atoms with Crippen LogP contribution in [0.5, 0.6) is 0 Å². The number of hydrogen-bond acceptors (Lipinski definition) is 3. The fourth-order valence-corrected chi connectivity index (χ4v) is 1.97. The van der Waals surface area contributed by atoms with E-state index in [2.05, 4.69) is 36.8 Å². The lowest BCUT2D eigenvalue weighted by Crippen LogP contribution is -2.06. The number of esters is 1. The highest BCUT2D eigenvalue weighted by atomic mass is 16.5. The number of ketones is 1. The van der Waals surface area contributed by atoms with Gasteiger partial charge in [0.1, 0.15) is 5.78 Å². The van der Waals surface area contributed by atoms with Crippen molar-refractivity contribution < 1.29 is 14.3 Å². The molecule has 0 atom stereocenters. The molecular formula is C15H20O3. The van der Waals surface area contributed by atoms with Gasteiger partial charge in [-0.3, -0.25) is 9.59 Å². The number of ether oxygens (including phenoxy) is 1. The van der Waals surface area contributed by atoms with Gasteiger partial charge in [0, 0.05) is 12.8 Å². The van der Waals surface area contributed by atoms with Crippen LogP contribution in [0.3, 0.4) is 0 Å². The Bertz CT molecular complexity index is 415. The molecular weight excluding hydrogens is 228 g/mol. The number of rotatable bonds is 6. The van der Waals surface area contributed by atoms with Gasteiger partial charge in [-0.05, 0) is 25.8 Å². The van der Waals surface area contributed by atoms with Crippen LogP contribution in [0, 0.1) is 13.8 Å². The second kappa shape index (κ2) is 6.94. The van der Waals surface area contributed by atoms with Crippen molar-refractivity contribution in [3.05, 3.63) is 34.9 Å². The summed E-state index contributed by atoms with van der Waals surface area (Å²) in [5.74, 6) is -0.214. The van der Waals surface area contributed by atoms with Gasteiger partial charge in [0.25, 0.3) is 0 Å². The lowest BCUT2D eigenvalue weighted by molar-refractivity contribution is -0.141. The molecule has 1 aromatic rings. The molecule has 0 fully saturated rings. The number of benzene rings is 1. The zero-order chi connectivity index (χ0) is 13.5. The number of aryl methyl sites for hydroxylation is 3. The molecule has 0 spiro atoms. The highest BCUT2D eigenvalue weighted by Crippen LogP contribution is 2.11. The van der Waals surface area contributed by atoms with E-state index in [4.69, 9.17) is 0 Å². The van der Waals surface area contributed by atoms with Gasteiger partial charge in [-0.1, -0.05) is 29.3 Å². The fraction of sp³-hybridized carbons (Fsp3) is 0.467. The molecule has 0 heterocycles. The van der Waals surface area contributed by atoms with E-state index in [0.29, 0.717) is 6.42 Å². The maximum Gasteiger partial charge on any atom is 0.305 e. The average Bonchev–Trinajstić information content (AvgIpc) is 2.32. The lowest BCUT2D eigenvalue weighted by Gasteiger charge is -2.04. The van der Waals surface area contributed by atoms with Gasteiger partial charge in [-0.15, -0.1) is 0 Å². The van der Waals surface area contributed by atoms with Gasteiger partial charge in [0.15, 0.2) is 0 Å². The molecule has 98 valence electrons. The predicted octanol–water partition coefficient (Wildman–Crippen LogP) is 2.76. The van der Waals surface area contributed by atoms with Crippen molar-refractivity contribution in [3.8, 4) is 0 Å². The molecule has 1 rings (SSSR count). The standard InChI is InChI=1S/C15H20O3/c1-11-8-12(2)10-13(9-11)4-5-14(16)6-7-15(17)18-3/h8-10H,4-7H2,1-3H3. The first kappa shape index (κ1) is 14.4. The average molecular weight is 248 g/mol. The summed E-state index contributed by atoms with van der Waals surface area (Å²) in [6.07, 6.45) is 1.68. The molecule has 0 amide bonds. The van der Waals surface area contributed by atoms with Crippen molar-refractivity contribution in [3.63, 3.8) is 0 Å². The molecule has 0 saturated heterocycles. The molecule has 0 radical (unpaired) electrons. The quantitative estimate of drug-likeness (QED) is 0.727. The van der Waals surface area contributed by atoms with E-state index in [9.17, 15) is 9.59 Å². The molecule has 18 heavy (non-hydrogen) atoms. The third-order valence-corrected chi connectivity index (χ3v) is 2.81. The zero-order valence-electron chi connectivity index (χ0n) is 11.3. The molecule has 0 N–H and O–H groups in total. The van der Waals surface area contributed by atoms with Crippen LogP contribution in [0.1, 0.15) is 36.0 Å². The van der Waals surface area contributed by atoms with Crippen molar-refractivity contribution in [1.82, 2.24) is 0 Å². The van der Waals surface area contributed by atoms with Gasteiger partial charge in [-0.2, -0.15) is 0 Å². The van der Waals surface area contributed by atoms with Crippen LogP contribution >= 0.6 is 0 Å². The molecule has 3 heteroatoms. The van der Waals surface area contributed by atoms with Crippen molar-refractivity contribution in [2.45, 2.75) is 39.5 Å². The second-order valence-corrected chi connectivity index (χ2v) is 4.61. The normalized spacial score (nSPS) is 10.2. The Morgan fingerprint density at radius 2 is 1.61 bits per heavy atom. The Labute approximate surface area is 108 Å². The number of carbonyl (C=O) groups is 2. The van der Waals surface area contributed by atoms with Crippen LogP contribution in [0.2, 0.25) is 0 Å². The third kappa shape index (κ3) is 5.13. The zero-order valence-corrected chi connectivity index (χ0v) is 11.3. The first-order valence-electron chi connectivity index (χ1n) is 6.17. The summed E-state index contributed by atoms with van der Waals surface area (Å²) in [6, 6.07) is 6.31. The molecule has 0 aliphatic rings. The Kier molecular flexibility index (Phi) is 5.56. The van der Waals surface area contributed by atoms with Crippen LogP contribution < -0.4 is 0 Å². The molecule has 0 aliphatic carbocycles. The largest absolute Gasteiger partial charge is 0.469 e. The van der Waals surface area contributed by atoms with E-state index in [1.807, 2.05) is 0 Å². The first-order chi connectivity index (χ1) is 8.51. The Morgan fingerprint density at radius 1 is 1.00 bits per heavy atom. The van der Waals surface area contributed by atoms with E-state index in [1.54, 1.807) is 0 Å². The number of Topliss-reactive ketones (excluding diaryl/α,β-unsaturated/α-hetero) is 1. The fourth-order valence-electron chi connectivity index (χ4n) is 1.97. The second-order valence-electron chi connectivity index (χ2n) is 4.61. The predicted molar refractivity (Wildman–Crippen MR) is 70.5 cm³/mol. The summed E-state index contributed by atoms with van der Waals surface area (Å²) in [7, 11) is 1.34. The van der Waals surface area contributed by atoms with Gasteiger partial charge in [-0.25, -0.2) is 0 Å². The summed E-state index contributed by atoms with van der Waals surface area (Å²) >= 11 is 0. The van der Waals surface area contributed by atoms with Gasteiger partial charge >= 0.3 is 5.97 Å². The van der Waals surface area contributed by atoms with Gasteiger partial charge < -0.3 is 4.74 Å². The summed E-state index contributed by atoms with van der Waals surface area (Å²) in [6.45, 7) is 4.10. The van der Waals surface area contributed by atoms with Crippen LogP contribution in [0.15, 0.2) is 18.2 Å². The van der Waals surface area contributed by atoms with Crippen LogP contribution in [0.4, 0.5) is 0 Å². The van der Waals surface area contributed by atoms with Gasteiger partial charge in [0.05, 0.1) is 13.5 Å². The minimum absolute atomic E-state index is 0.111. The van der Waals surface area contributed by atoms with E-state index >= 15 is 0 Å². The summed E-state index contributed by atoms with van der Waals surface area (Å²) < 4.78 is 4.50. The summed E-state index contributed by atoms with van der Waals surface area (Å²) in [5, 5.41) is 0. The summed E-state index contributed by atoms with van der Waals surface area (Å²) in [4.78, 5) is 22.5. The van der Waals surface area contributed by atoms with Crippen molar-refractivity contribution in [2.24, 2.45) is 0 Å². The third-order valence-electron chi connectivity index (χ3n) is 2.81. The van der Waals surface area contributed by atoms with Crippen molar-refractivity contribution in [2.75, 3.05) is 7.11 Å². The van der Waals surface area contributed by atoms with Crippen molar-refractivity contribution >= 4 is 11.8 Å². The first-order valence-corrected chi connectivity index (χ1v) is 6.17. The Morgan fingerprint density at radius 3 is 2.17 bits per heavy atom. The van der Waals surface area contributed by atoms with Crippen molar-refractivity contribution in [1.29, 1.82) is 0 Å². The van der Waals surface area contributed by atoms with Crippen LogP contribution in [-0.2, 0) is 20.7 Å². The SMILES string of the molecule is COC(=O)CCC(=O)CCc1cc(C)cc(C)c1. The minimum atomic E-state index is -0.324. The van der Waals surface area contributed by atoms with E-state index < -0.39 is 0 Å². The Balaban J connectivity index is 2.40. The highest BCUT2D eigenvalue weighted by molar-refractivity contribution is 5.83. The van der Waals surface area contributed by atoms with E-state index in [1.165, 1.54) is 23.8 Å². The van der Waals surface area contributed by atoms with E-state index in [-0.39, 0.29) is 24.6 Å². The maximum absolute atomic E-state index is 11.6. The van der Waals surface area contributed by atoms with Crippen LogP contribution in [-0.4, -0.2) is 18.9 Å². The van der Waals surface area contributed by atoms with E-state index in [0.717, 1.165) is 6.42 Å². The highest BCUT2D eigenvalue weighted by Gasteiger charge is 2.07. The van der Waals surface area contributed by atoms with Crippen LogP contribution in [0.25, 0.3) is 0 Å². The number of carbonyl (C=O) groups excluding carboxylic acids is 2. The molecule has 0 unspecified atom stereocenters. The number of methoxy groups -OCH3 is 1. The molecule has 0 saturated carbocycles. The lowest BCUT2D eigenvalue weighted by atomic mass is 10.0. The summed E-state index contributed by atoms with van der Waals surface area (Å²) in [5.41, 5.74) is 3.61. The molecule has 3 nitrogen and oxygen atoms in total. The topological polar surface area (TPSA) is 43.4 Å². The molecule has 0 bridgehead atoms. The maximum atomic E-state index is 11.6.